The molecular formula is C22H15N5O4. The Morgan fingerprint density at radius 1 is 1.26 bits per heavy atom. The average molecular weight is 413 g/mol. The lowest BCUT2D eigenvalue weighted by Gasteiger charge is -2.05. The molecule has 0 spiro atoms. The van der Waals surface area contributed by atoms with Gasteiger partial charge in [0.05, 0.1) is 11.0 Å². The number of hydrogen-bond acceptors (Lipinski definition) is 7. The lowest BCUT2D eigenvalue weighted by Crippen LogP contribution is -2.11. The van der Waals surface area contributed by atoms with E-state index in [0.29, 0.717) is 11.0 Å². The molecule has 0 saturated carbocycles. The maximum atomic E-state index is 12.6. The summed E-state index contributed by atoms with van der Waals surface area (Å²) in [5, 5.41) is 29.4. The van der Waals surface area contributed by atoms with Crippen LogP contribution in [0.2, 0.25) is 0 Å². The van der Waals surface area contributed by atoms with Gasteiger partial charge in [0.2, 0.25) is 5.88 Å². The number of furan rings is 1. The molecule has 9 heteroatoms. The van der Waals surface area contributed by atoms with Crippen LogP contribution >= 0.6 is 0 Å². The van der Waals surface area contributed by atoms with Crippen LogP contribution in [0, 0.1) is 29.6 Å². The van der Waals surface area contributed by atoms with Gasteiger partial charge in [0.25, 0.3) is 0 Å². The Kier molecular flexibility index (Phi) is 5.00. The predicted octanol–water partition coefficient (Wildman–Crippen LogP) is 3.78. The van der Waals surface area contributed by atoms with Crippen molar-refractivity contribution in [2.75, 3.05) is 6.61 Å². The Morgan fingerprint density at radius 2 is 2.00 bits per heavy atom. The quantitative estimate of drug-likeness (QED) is 0.288. The third kappa shape index (κ3) is 3.52. The number of allylic oxidation sites excluding steroid dienone is 1. The number of esters is 1. The Morgan fingerprint density at radius 3 is 2.68 bits per heavy atom. The summed E-state index contributed by atoms with van der Waals surface area (Å²) in [6.07, 6.45) is 3.35. The molecule has 0 aliphatic carbocycles. The highest BCUT2D eigenvalue weighted by Crippen LogP contribution is 2.26. The largest absolute Gasteiger partial charge is 0.507 e. The number of aliphatic hydroxyl groups is 1. The zero-order chi connectivity index (χ0) is 22.0. The fourth-order valence-electron chi connectivity index (χ4n) is 3.13. The maximum Gasteiger partial charge on any atom is 0.343 e. The van der Waals surface area contributed by atoms with Gasteiger partial charge in [-0.1, -0.05) is 12.1 Å². The van der Waals surface area contributed by atoms with Crippen molar-refractivity contribution in [1.29, 1.82) is 10.5 Å². The summed E-state index contributed by atoms with van der Waals surface area (Å²) in [7, 11) is 0. The van der Waals surface area contributed by atoms with Crippen molar-refractivity contribution >= 4 is 22.6 Å². The van der Waals surface area contributed by atoms with E-state index < -0.39 is 18.3 Å². The Bertz CT molecular complexity index is 1360. The molecule has 0 aliphatic heterocycles. The first-order valence-corrected chi connectivity index (χ1v) is 9.14. The van der Waals surface area contributed by atoms with Crippen LogP contribution < -0.4 is 0 Å². The molecule has 1 aromatic carbocycles. The molecule has 2 N–H and O–H groups in total. The van der Waals surface area contributed by atoms with Gasteiger partial charge in [-0.2, -0.15) is 10.5 Å². The fourth-order valence-corrected chi connectivity index (χ4v) is 3.13. The first kappa shape index (κ1) is 19.6. The van der Waals surface area contributed by atoms with E-state index in [2.05, 4.69) is 9.97 Å². The highest BCUT2D eigenvalue weighted by molar-refractivity contribution is 5.94. The lowest BCUT2D eigenvalue weighted by atomic mass is 10.1. The third-order valence-corrected chi connectivity index (χ3v) is 4.59. The number of fused-ring (bicyclic) bond motifs is 1. The van der Waals surface area contributed by atoms with Crippen LogP contribution in [0.1, 0.15) is 27.5 Å². The van der Waals surface area contributed by atoms with Crippen LogP contribution in [0.25, 0.3) is 22.5 Å². The standard InChI is InChI=1S/C22H15N5O4/c1-13-19(15(11-24)21(31-13)27-8-4-5-9-27)22(29)30-12-18(28)14(10-23)20-25-16-6-2-3-7-17(16)26-20/h2-9,28H,12H2,1H3,(H,25,26)/b18-14-. The van der Waals surface area contributed by atoms with Crippen molar-refractivity contribution in [3.05, 3.63) is 77.3 Å². The molecule has 3 heterocycles. The number of aryl methyl sites for hydroxylation is 1. The first-order chi connectivity index (χ1) is 15.0. The van der Waals surface area contributed by atoms with E-state index in [1.807, 2.05) is 18.2 Å². The molecule has 0 unspecified atom stereocenters. The highest BCUT2D eigenvalue weighted by atomic mass is 16.5. The minimum Gasteiger partial charge on any atom is -0.507 e. The Hall–Kier alpha value is -4.76. The summed E-state index contributed by atoms with van der Waals surface area (Å²) in [5.41, 5.74) is 1.14. The van der Waals surface area contributed by atoms with E-state index in [9.17, 15) is 20.4 Å². The van der Waals surface area contributed by atoms with Crippen molar-refractivity contribution in [1.82, 2.24) is 14.5 Å². The van der Waals surface area contributed by atoms with Gasteiger partial charge in [-0.25, -0.2) is 9.78 Å². The second-order valence-electron chi connectivity index (χ2n) is 6.53. The minimum atomic E-state index is -0.857. The van der Waals surface area contributed by atoms with Crippen LogP contribution in [-0.4, -0.2) is 32.2 Å². The summed E-state index contributed by atoms with van der Waals surface area (Å²) in [6.45, 7) is 0.961. The molecule has 31 heavy (non-hydrogen) atoms. The third-order valence-electron chi connectivity index (χ3n) is 4.59. The number of nitriles is 2. The molecule has 4 aromatic rings. The van der Waals surface area contributed by atoms with E-state index >= 15 is 0 Å². The van der Waals surface area contributed by atoms with E-state index in [1.54, 1.807) is 47.3 Å². The lowest BCUT2D eigenvalue weighted by molar-refractivity contribution is 0.0500. The number of aliphatic hydroxyl groups excluding tert-OH is 1. The van der Waals surface area contributed by atoms with E-state index in [4.69, 9.17) is 9.15 Å². The Balaban J connectivity index is 1.59. The zero-order valence-corrected chi connectivity index (χ0v) is 16.3. The van der Waals surface area contributed by atoms with Gasteiger partial charge in [-0.05, 0) is 31.2 Å². The van der Waals surface area contributed by atoms with Crippen molar-refractivity contribution in [2.45, 2.75) is 6.92 Å². The molecule has 0 bridgehead atoms. The molecule has 4 rings (SSSR count). The number of aromatic nitrogens is 3. The van der Waals surface area contributed by atoms with Gasteiger partial charge in [0, 0.05) is 12.4 Å². The Labute approximate surface area is 176 Å². The van der Waals surface area contributed by atoms with Crippen molar-refractivity contribution in [2.24, 2.45) is 0 Å². The number of rotatable bonds is 5. The van der Waals surface area contributed by atoms with Crippen LogP contribution in [0.15, 0.2) is 59.0 Å². The second kappa shape index (κ2) is 7.93. The number of nitrogens with one attached hydrogen (secondary N) is 1. The number of nitrogens with zero attached hydrogens (tertiary/aromatic N) is 4. The molecule has 0 fully saturated rings. The van der Waals surface area contributed by atoms with Gasteiger partial charge >= 0.3 is 5.97 Å². The van der Waals surface area contributed by atoms with E-state index in [0.717, 1.165) is 0 Å². The molecule has 0 atom stereocenters. The fraction of sp³-hybridized carbons (Fsp3) is 0.0909. The number of imidazole rings is 1. The van der Waals surface area contributed by atoms with E-state index in [-0.39, 0.29) is 34.2 Å². The number of H-pyrrole nitrogens is 1. The molecule has 0 amide bonds. The highest BCUT2D eigenvalue weighted by Gasteiger charge is 2.26. The number of carbonyl (C=O) groups is 1. The van der Waals surface area contributed by atoms with Crippen LogP contribution in [0.5, 0.6) is 0 Å². The monoisotopic (exact) mass is 413 g/mol. The topological polar surface area (TPSA) is 141 Å². The average Bonchev–Trinajstić information content (AvgIpc) is 3.50. The molecule has 152 valence electrons. The van der Waals surface area contributed by atoms with Crippen molar-refractivity contribution in [3.8, 4) is 18.0 Å². The molecular weight excluding hydrogens is 398 g/mol. The predicted molar refractivity (Wildman–Crippen MR) is 109 cm³/mol. The summed E-state index contributed by atoms with van der Waals surface area (Å²) >= 11 is 0. The van der Waals surface area contributed by atoms with Gasteiger partial charge in [-0.15, -0.1) is 0 Å². The SMILES string of the molecule is Cc1oc(-n2cccc2)c(C#N)c1C(=O)OC/C(O)=C(\C#N)c1nc2ccccc2[nH]1. The maximum absolute atomic E-state index is 12.6. The van der Waals surface area contributed by atoms with E-state index in [1.165, 1.54) is 6.92 Å². The number of benzene rings is 1. The van der Waals surface area contributed by atoms with Gasteiger partial charge < -0.3 is 19.2 Å². The summed E-state index contributed by atoms with van der Waals surface area (Å²) < 4.78 is 12.3. The number of para-hydroxylation sites is 2. The van der Waals surface area contributed by atoms with Gasteiger partial charge in [-0.3, -0.25) is 4.57 Å². The molecule has 0 saturated heterocycles. The molecule has 9 nitrogen and oxygen atoms in total. The van der Waals surface area contributed by atoms with Gasteiger partial charge in [0.15, 0.2) is 11.6 Å². The summed E-state index contributed by atoms with van der Waals surface area (Å²) in [6, 6.07) is 14.5. The number of hydrogen-bond donors (Lipinski definition) is 2. The van der Waals surface area contributed by atoms with Crippen LogP contribution in [0.3, 0.4) is 0 Å². The van der Waals surface area contributed by atoms with Crippen molar-refractivity contribution < 1.29 is 19.1 Å². The summed E-state index contributed by atoms with van der Waals surface area (Å²) in [4.78, 5) is 19.8. The summed E-state index contributed by atoms with van der Waals surface area (Å²) in [5.74, 6) is -0.780. The molecule has 0 radical (unpaired) electrons. The van der Waals surface area contributed by atoms with Crippen LogP contribution in [0.4, 0.5) is 0 Å². The minimum absolute atomic E-state index is 0.0139. The van der Waals surface area contributed by atoms with Crippen molar-refractivity contribution in [3.63, 3.8) is 0 Å². The number of carbonyl (C=O) groups excluding carboxylic acids is 1. The van der Waals surface area contributed by atoms with Gasteiger partial charge in [0.1, 0.15) is 41.2 Å². The number of aromatic amines is 1. The second-order valence-corrected chi connectivity index (χ2v) is 6.53. The normalized spacial score (nSPS) is 11.6. The van der Waals surface area contributed by atoms with Crippen LogP contribution in [-0.2, 0) is 4.74 Å². The smallest absolute Gasteiger partial charge is 0.343 e. The zero-order valence-electron chi connectivity index (χ0n) is 16.3. The molecule has 0 aliphatic rings. The first-order valence-electron chi connectivity index (χ1n) is 9.14. The molecule has 3 aromatic heterocycles. The number of ether oxygens (including phenoxy) is 1.